The molecule has 1 unspecified atom stereocenters. The van der Waals surface area contributed by atoms with Crippen LogP contribution in [-0.4, -0.2) is 12.0 Å². The lowest BCUT2D eigenvalue weighted by molar-refractivity contribution is 0.103. The number of anilines is 1. The molecule has 3 aromatic carbocycles. The number of halogens is 1. The molecule has 2 N–H and O–H groups in total. The molecule has 0 radical (unpaired) electrons. The van der Waals surface area contributed by atoms with Gasteiger partial charge >= 0.3 is 0 Å². The zero-order valence-corrected chi connectivity index (χ0v) is 18.1. The molecule has 4 rings (SSSR count). The Kier molecular flexibility index (Phi) is 6.11. The summed E-state index contributed by atoms with van der Waals surface area (Å²) in [6.07, 6.45) is 1.87. The molecule has 0 spiro atoms. The van der Waals surface area contributed by atoms with E-state index in [0.717, 1.165) is 5.69 Å². The number of nitrogens with zero attached hydrogens (tertiary/aromatic N) is 2. The van der Waals surface area contributed by atoms with E-state index < -0.39 is 6.04 Å². The number of nitriles is 1. The van der Waals surface area contributed by atoms with E-state index in [-0.39, 0.29) is 22.9 Å². The van der Waals surface area contributed by atoms with Crippen LogP contribution in [0.3, 0.4) is 0 Å². The zero-order valence-electron chi connectivity index (χ0n) is 17.3. The molecule has 0 amide bonds. The summed E-state index contributed by atoms with van der Waals surface area (Å²) in [6.45, 7) is 0. The predicted molar refractivity (Wildman–Crippen MR) is 126 cm³/mol. The summed E-state index contributed by atoms with van der Waals surface area (Å²) in [6, 6.07) is 26.0. The van der Waals surface area contributed by atoms with Crippen LogP contribution in [0.15, 0.2) is 107 Å². The standard InChI is InChI=1S/C26H20FN3OS/c1-32-26-22(25(31)18-8-4-2-5-9-18)23(29)21(16-28)24(17-12-14-19(27)15-13-17)30(26)20-10-6-3-7-11-20/h2-15,24H,29H2,1H3. The number of hydrogen-bond donors (Lipinski definition) is 1. The van der Waals surface area contributed by atoms with Crippen molar-refractivity contribution in [1.29, 1.82) is 5.26 Å². The Labute approximate surface area is 190 Å². The molecule has 1 aliphatic heterocycles. The minimum absolute atomic E-state index is 0.146. The number of rotatable bonds is 5. The Bertz CT molecular complexity index is 1250. The zero-order chi connectivity index (χ0) is 22.7. The number of thioether (sulfide) groups is 1. The van der Waals surface area contributed by atoms with Crippen LogP contribution in [0.4, 0.5) is 10.1 Å². The summed E-state index contributed by atoms with van der Waals surface area (Å²) in [5, 5.41) is 10.7. The molecule has 0 saturated carbocycles. The molecule has 0 fully saturated rings. The summed E-state index contributed by atoms with van der Waals surface area (Å²) >= 11 is 1.38. The Balaban J connectivity index is 2.00. The van der Waals surface area contributed by atoms with Gasteiger partial charge in [-0.15, -0.1) is 11.8 Å². The van der Waals surface area contributed by atoms with Crippen LogP contribution in [0, 0.1) is 17.1 Å². The van der Waals surface area contributed by atoms with Crippen molar-refractivity contribution in [3.63, 3.8) is 0 Å². The average molecular weight is 442 g/mol. The van der Waals surface area contributed by atoms with Gasteiger partial charge < -0.3 is 10.6 Å². The van der Waals surface area contributed by atoms with Gasteiger partial charge in [0.15, 0.2) is 5.78 Å². The lowest BCUT2D eigenvalue weighted by Crippen LogP contribution is -2.36. The fraction of sp³-hybridized carbons (Fsp3) is 0.0769. The van der Waals surface area contributed by atoms with Crippen molar-refractivity contribution in [2.24, 2.45) is 5.73 Å². The number of carbonyl (C=O) groups is 1. The van der Waals surface area contributed by atoms with Crippen molar-refractivity contribution >= 4 is 23.2 Å². The van der Waals surface area contributed by atoms with Crippen molar-refractivity contribution in [2.75, 3.05) is 11.2 Å². The molecule has 0 aliphatic carbocycles. The topological polar surface area (TPSA) is 70.1 Å². The van der Waals surface area contributed by atoms with E-state index in [1.54, 1.807) is 36.4 Å². The smallest absolute Gasteiger partial charge is 0.197 e. The third-order valence-corrected chi connectivity index (χ3v) is 6.11. The van der Waals surface area contributed by atoms with Crippen LogP contribution >= 0.6 is 11.8 Å². The van der Waals surface area contributed by atoms with Crippen molar-refractivity contribution < 1.29 is 9.18 Å². The number of nitrogens with two attached hydrogens (primary N) is 1. The second kappa shape index (κ2) is 9.13. The number of Topliss-reactive ketones (excluding diaryl/α,β-unsaturated/α-hetero) is 1. The van der Waals surface area contributed by atoms with E-state index in [9.17, 15) is 14.4 Å². The lowest BCUT2D eigenvalue weighted by atomic mass is 9.88. The SMILES string of the molecule is CSC1=C(C(=O)c2ccccc2)C(N)=C(C#N)C(c2ccc(F)cc2)N1c1ccccc1. The van der Waals surface area contributed by atoms with E-state index >= 15 is 0 Å². The normalized spacial score (nSPS) is 16.2. The monoisotopic (exact) mass is 441 g/mol. The van der Waals surface area contributed by atoms with Gasteiger partial charge in [-0.2, -0.15) is 5.26 Å². The molecule has 6 heteroatoms. The van der Waals surface area contributed by atoms with Crippen LogP contribution in [0.25, 0.3) is 0 Å². The van der Waals surface area contributed by atoms with Gasteiger partial charge in [-0.3, -0.25) is 4.79 Å². The van der Waals surface area contributed by atoms with Crippen LogP contribution in [-0.2, 0) is 0 Å². The van der Waals surface area contributed by atoms with Crippen LogP contribution in [0.1, 0.15) is 22.0 Å². The fourth-order valence-electron chi connectivity index (χ4n) is 3.85. The number of ketones is 1. The van der Waals surface area contributed by atoms with Gasteiger partial charge in [-0.25, -0.2) is 4.39 Å². The first kappa shape index (κ1) is 21.4. The second-order valence-corrected chi connectivity index (χ2v) is 7.97. The maximum atomic E-state index is 13.7. The molecule has 158 valence electrons. The van der Waals surface area contributed by atoms with Gasteiger partial charge in [0.1, 0.15) is 5.82 Å². The van der Waals surface area contributed by atoms with Gasteiger partial charge in [0.05, 0.1) is 34.0 Å². The Morgan fingerprint density at radius 3 is 2.16 bits per heavy atom. The third-order valence-electron chi connectivity index (χ3n) is 5.32. The number of benzene rings is 3. The highest BCUT2D eigenvalue weighted by Crippen LogP contribution is 2.46. The van der Waals surface area contributed by atoms with Gasteiger partial charge in [0.25, 0.3) is 0 Å². The molecular formula is C26H20FN3OS. The highest BCUT2D eigenvalue weighted by molar-refractivity contribution is 8.02. The minimum Gasteiger partial charge on any atom is -0.397 e. The lowest BCUT2D eigenvalue weighted by Gasteiger charge is -2.39. The molecule has 1 aliphatic rings. The van der Waals surface area contributed by atoms with E-state index in [1.165, 1.54) is 23.9 Å². The fourth-order valence-corrected chi connectivity index (χ4v) is 4.67. The van der Waals surface area contributed by atoms with Gasteiger partial charge in [-0.05, 0) is 36.1 Å². The van der Waals surface area contributed by atoms with Crippen LogP contribution in [0.2, 0.25) is 0 Å². The molecule has 32 heavy (non-hydrogen) atoms. The van der Waals surface area contributed by atoms with Crippen molar-refractivity contribution in [3.05, 3.63) is 124 Å². The Morgan fingerprint density at radius 1 is 1.00 bits per heavy atom. The maximum absolute atomic E-state index is 13.7. The second-order valence-electron chi connectivity index (χ2n) is 7.18. The molecule has 1 heterocycles. The van der Waals surface area contributed by atoms with Gasteiger partial charge in [0.2, 0.25) is 0 Å². The summed E-state index contributed by atoms with van der Waals surface area (Å²) in [5.74, 6) is -0.620. The number of allylic oxidation sites excluding steroid dienone is 1. The summed E-state index contributed by atoms with van der Waals surface area (Å²) in [4.78, 5) is 15.5. The quantitative estimate of drug-likeness (QED) is 0.524. The third kappa shape index (κ3) is 3.79. The molecule has 0 bridgehead atoms. The summed E-state index contributed by atoms with van der Waals surface area (Å²) < 4.78 is 13.7. The van der Waals surface area contributed by atoms with E-state index in [0.29, 0.717) is 21.7 Å². The molecule has 4 nitrogen and oxygen atoms in total. The average Bonchev–Trinajstić information content (AvgIpc) is 2.84. The first-order valence-electron chi connectivity index (χ1n) is 9.94. The number of hydrogen-bond acceptors (Lipinski definition) is 5. The predicted octanol–water partition coefficient (Wildman–Crippen LogP) is 5.58. The first-order valence-corrected chi connectivity index (χ1v) is 11.2. The van der Waals surface area contributed by atoms with Crippen LogP contribution < -0.4 is 10.6 Å². The van der Waals surface area contributed by atoms with Gasteiger partial charge in [0, 0.05) is 11.3 Å². The summed E-state index contributed by atoms with van der Waals surface area (Å²) in [7, 11) is 0. The van der Waals surface area contributed by atoms with Crippen molar-refractivity contribution in [3.8, 4) is 6.07 Å². The molecule has 0 aromatic heterocycles. The minimum atomic E-state index is -0.599. The largest absolute Gasteiger partial charge is 0.397 e. The summed E-state index contributed by atoms with van der Waals surface area (Å²) in [5.41, 5.74) is 9.17. The molecular weight excluding hydrogens is 421 g/mol. The number of para-hydroxylation sites is 1. The van der Waals surface area contributed by atoms with Crippen molar-refractivity contribution in [1.82, 2.24) is 0 Å². The Morgan fingerprint density at radius 2 is 1.59 bits per heavy atom. The molecule has 0 saturated heterocycles. The number of carbonyl (C=O) groups excluding carboxylic acids is 1. The van der Waals surface area contributed by atoms with E-state index in [1.807, 2.05) is 47.6 Å². The van der Waals surface area contributed by atoms with Crippen molar-refractivity contribution in [2.45, 2.75) is 6.04 Å². The van der Waals surface area contributed by atoms with Crippen LogP contribution in [0.5, 0.6) is 0 Å². The highest BCUT2D eigenvalue weighted by atomic mass is 32.2. The highest BCUT2D eigenvalue weighted by Gasteiger charge is 2.38. The van der Waals surface area contributed by atoms with E-state index in [2.05, 4.69) is 6.07 Å². The van der Waals surface area contributed by atoms with E-state index in [4.69, 9.17) is 5.73 Å². The molecule has 3 aromatic rings. The molecule has 1 atom stereocenters. The van der Waals surface area contributed by atoms with Gasteiger partial charge in [-0.1, -0.05) is 60.7 Å². The maximum Gasteiger partial charge on any atom is 0.197 e. The first-order chi connectivity index (χ1) is 15.6. The Hall–Kier alpha value is -3.82.